The maximum absolute atomic E-state index is 13.3. The molecule has 3 rings (SSSR count). The Morgan fingerprint density at radius 2 is 1.57 bits per heavy atom. The Labute approximate surface area is 169 Å². The van der Waals surface area contributed by atoms with E-state index in [4.69, 9.17) is 9.31 Å². The molecule has 2 aromatic carbocycles. The van der Waals surface area contributed by atoms with E-state index in [-0.39, 0.29) is 5.78 Å². The van der Waals surface area contributed by atoms with Crippen LogP contribution < -0.4 is 5.46 Å². The fourth-order valence-electron chi connectivity index (χ4n) is 3.38. The normalized spacial score (nSPS) is 17.7. The largest absolute Gasteiger partial charge is 0.495 e. The molecule has 2 aromatic rings. The van der Waals surface area contributed by atoms with Gasteiger partial charge in [-0.25, -0.2) is 0 Å². The van der Waals surface area contributed by atoms with Crippen molar-refractivity contribution in [1.29, 1.82) is 0 Å². The van der Waals surface area contributed by atoms with Crippen LogP contribution in [0.25, 0.3) is 0 Å². The molecule has 1 aliphatic heterocycles. The average Bonchev–Trinajstić information content (AvgIpc) is 2.87. The van der Waals surface area contributed by atoms with Crippen LogP contribution in [0.15, 0.2) is 42.5 Å². The molecule has 1 heterocycles. The van der Waals surface area contributed by atoms with Gasteiger partial charge in [0.2, 0.25) is 0 Å². The molecule has 1 aliphatic rings. The Morgan fingerprint density at radius 3 is 2.14 bits per heavy atom. The first-order chi connectivity index (χ1) is 13.1. The molecule has 0 N–H and O–H groups in total. The summed E-state index contributed by atoms with van der Waals surface area (Å²) in [5.41, 5.74) is 3.64. The van der Waals surface area contributed by atoms with Crippen molar-refractivity contribution in [3.8, 4) is 0 Å². The van der Waals surface area contributed by atoms with Crippen molar-refractivity contribution < 1.29 is 14.1 Å². The van der Waals surface area contributed by atoms with Crippen molar-refractivity contribution in [1.82, 2.24) is 0 Å². The molecular formula is C24H31BO3. The molecule has 0 bridgehead atoms. The SMILES string of the molecule is CCCCc1ccc(C(=O)c2ccc(C)cc2)c(B2OC(C)(C)C(C)(C)O2)c1. The van der Waals surface area contributed by atoms with Gasteiger partial charge in [0.15, 0.2) is 5.78 Å². The molecule has 0 atom stereocenters. The summed E-state index contributed by atoms with van der Waals surface area (Å²) in [6.45, 7) is 12.4. The summed E-state index contributed by atoms with van der Waals surface area (Å²) in [5, 5.41) is 0. The number of aryl methyl sites for hydroxylation is 2. The Morgan fingerprint density at radius 1 is 0.964 bits per heavy atom. The fourth-order valence-corrected chi connectivity index (χ4v) is 3.38. The van der Waals surface area contributed by atoms with E-state index in [9.17, 15) is 4.79 Å². The highest BCUT2D eigenvalue weighted by molar-refractivity contribution is 6.64. The van der Waals surface area contributed by atoms with Gasteiger partial charge in [0.05, 0.1) is 11.2 Å². The van der Waals surface area contributed by atoms with Crippen molar-refractivity contribution in [2.45, 2.75) is 72.0 Å². The highest BCUT2D eigenvalue weighted by Gasteiger charge is 2.52. The summed E-state index contributed by atoms with van der Waals surface area (Å²) < 4.78 is 12.6. The number of benzene rings is 2. The molecule has 0 aromatic heterocycles. The van der Waals surface area contributed by atoms with Gasteiger partial charge in [-0.2, -0.15) is 0 Å². The summed E-state index contributed by atoms with van der Waals surface area (Å²) in [6.07, 6.45) is 3.24. The molecule has 3 nitrogen and oxygen atoms in total. The third-order valence-electron chi connectivity index (χ3n) is 6.00. The van der Waals surface area contributed by atoms with Crippen molar-refractivity contribution >= 4 is 18.4 Å². The predicted molar refractivity (Wildman–Crippen MR) is 115 cm³/mol. The number of unbranched alkanes of at least 4 members (excludes halogenated alkanes) is 1. The quantitative estimate of drug-likeness (QED) is 0.532. The maximum Gasteiger partial charge on any atom is 0.495 e. The highest BCUT2D eigenvalue weighted by atomic mass is 16.7. The van der Waals surface area contributed by atoms with Crippen LogP contribution in [0, 0.1) is 6.92 Å². The van der Waals surface area contributed by atoms with Crippen LogP contribution in [-0.2, 0) is 15.7 Å². The van der Waals surface area contributed by atoms with Crippen molar-refractivity contribution in [2.24, 2.45) is 0 Å². The average molecular weight is 378 g/mol. The van der Waals surface area contributed by atoms with E-state index in [0.717, 1.165) is 30.3 Å². The van der Waals surface area contributed by atoms with Crippen molar-refractivity contribution in [3.05, 3.63) is 64.7 Å². The van der Waals surface area contributed by atoms with Crippen LogP contribution in [0.4, 0.5) is 0 Å². The van der Waals surface area contributed by atoms with Gasteiger partial charge in [-0.1, -0.05) is 61.4 Å². The molecule has 28 heavy (non-hydrogen) atoms. The van der Waals surface area contributed by atoms with E-state index in [2.05, 4.69) is 19.1 Å². The van der Waals surface area contributed by atoms with Gasteiger partial charge in [-0.3, -0.25) is 4.79 Å². The van der Waals surface area contributed by atoms with Gasteiger partial charge in [-0.05, 0) is 58.5 Å². The smallest absolute Gasteiger partial charge is 0.399 e. The van der Waals surface area contributed by atoms with E-state index in [1.807, 2.05) is 65.0 Å². The zero-order valence-electron chi connectivity index (χ0n) is 18.0. The second-order valence-corrected chi connectivity index (χ2v) is 8.81. The summed E-state index contributed by atoms with van der Waals surface area (Å²) in [7, 11) is -0.545. The predicted octanol–water partition coefficient (Wildman–Crippen LogP) is 4.87. The second-order valence-electron chi connectivity index (χ2n) is 8.81. The lowest BCUT2D eigenvalue weighted by Crippen LogP contribution is -2.41. The maximum atomic E-state index is 13.3. The molecule has 4 heteroatoms. The summed E-state index contributed by atoms with van der Waals surface area (Å²) >= 11 is 0. The van der Waals surface area contributed by atoms with Crippen molar-refractivity contribution in [3.63, 3.8) is 0 Å². The van der Waals surface area contributed by atoms with Crippen LogP contribution in [0.2, 0.25) is 0 Å². The number of hydrogen-bond donors (Lipinski definition) is 0. The van der Waals surface area contributed by atoms with Gasteiger partial charge in [0, 0.05) is 11.1 Å². The second kappa shape index (κ2) is 7.84. The minimum atomic E-state index is -0.545. The zero-order valence-corrected chi connectivity index (χ0v) is 18.0. The number of hydrogen-bond acceptors (Lipinski definition) is 3. The van der Waals surface area contributed by atoms with Crippen molar-refractivity contribution in [2.75, 3.05) is 0 Å². The number of ketones is 1. The van der Waals surface area contributed by atoms with E-state index in [1.165, 1.54) is 5.56 Å². The first-order valence-corrected chi connectivity index (χ1v) is 10.2. The summed E-state index contributed by atoms with van der Waals surface area (Å²) in [4.78, 5) is 13.3. The summed E-state index contributed by atoms with van der Waals surface area (Å²) in [6, 6.07) is 13.8. The summed E-state index contributed by atoms with van der Waals surface area (Å²) in [5.74, 6) is 0.00625. The topological polar surface area (TPSA) is 35.5 Å². The Hall–Kier alpha value is -1.91. The Balaban J connectivity index is 2.02. The molecule has 0 unspecified atom stereocenters. The monoisotopic (exact) mass is 378 g/mol. The Bertz CT molecular complexity index is 837. The molecular weight excluding hydrogens is 347 g/mol. The molecule has 0 saturated carbocycles. The molecule has 148 valence electrons. The molecule has 0 spiro atoms. The van der Waals surface area contributed by atoms with Crippen LogP contribution in [-0.4, -0.2) is 24.1 Å². The minimum absolute atomic E-state index is 0.00625. The third-order valence-corrected chi connectivity index (χ3v) is 6.00. The standard InChI is InChI=1S/C24H31BO3/c1-7-8-9-18-12-15-20(22(26)19-13-10-17(2)11-14-19)21(16-18)25-27-23(3,4)24(5,6)28-25/h10-16H,7-9H2,1-6H3. The lowest BCUT2D eigenvalue weighted by atomic mass is 9.73. The Kier molecular flexibility index (Phi) is 5.83. The molecule has 0 aliphatic carbocycles. The van der Waals surface area contributed by atoms with Gasteiger partial charge < -0.3 is 9.31 Å². The van der Waals surface area contributed by atoms with Gasteiger partial charge in [-0.15, -0.1) is 0 Å². The van der Waals surface area contributed by atoms with Crippen LogP contribution in [0.5, 0.6) is 0 Å². The van der Waals surface area contributed by atoms with Crippen LogP contribution in [0.1, 0.15) is 74.5 Å². The van der Waals surface area contributed by atoms with E-state index >= 15 is 0 Å². The van der Waals surface area contributed by atoms with Gasteiger partial charge in [0.1, 0.15) is 0 Å². The molecule has 1 fully saturated rings. The number of rotatable bonds is 6. The molecule has 0 radical (unpaired) electrons. The first-order valence-electron chi connectivity index (χ1n) is 10.2. The van der Waals surface area contributed by atoms with Gasteiger partial charge >= 0.3 is 7.12 Å². The van der Waals surface area contributed by atoms with E-state index in [1.54, 1.807) is 0 Å². The van der Waals surface area contributed by atoms with Crippen LogP contribution >= 0.6 is 0 Å². The van der Waals surface area contributed by atoms with E-state index in [0.29, 0.717) is 11.1 Å². The van der Waals surface area contributed by atoms with Gasteiger partial charge in [0.25, 0.3) is 0 Å². The fraction of sp³-hybridized carbons (Fsp3) is 0.458. The number of carbonyl (C=O) groups excluding carboxylic acids is 1. The highest BCUT2D eigenvalue weighted by Crippen LogP contribution is 2.37. The van der Waals surface area contributed by atoms with Crippen LogP contribution in [0.3, 0.4) is 0 Å². The molecule has 1 saturated heterocycles. The van der Waals surface area contributed by atoms with E-state index < -0.39 is 18.3 Å². The molecule has 0 amide bonds. The minimum Gasteiger partial charge on any atom is -0.399 e. The number of carbonyl (C=O) groups is 1. The lowest BCUT2D eigenvalue weighted by Gasteiger charge is -2.32. The third kappa shape index (κ3) is 4.08. The lowest BCUT2D eigenvalue weighted by molar-refractivity contribution is 0.00578. The zero-order chi connectivity index (χ0) is 20.5. The first kappa shape index (κ1) is 20.8.